The van der Waals surface area contributed by atoms with Crippen LogP contribution in [0.2, 0.25) is 0 Å². The third-order valence-electron chi connectivity index (χ3n) is 3.78. The lowest BCUT2D eigenvalue weighted by Crippen LogP contribution is -2.24. The second-order valence-electron chi connectivity index (χ2n) is 5.74. The number of hydrogen-bond acceptors (Lipinski definition) is 4. The van der Waals surface area contributed by atoms with Gasteiger partial charge in [0.1, 0.15) is 6.61 Å². The van der Waals surface area contributed by atoms with Crippen molar-refractivity contribution in [3.05, 3.63) is 76.9 Å². The number of esters is 1. The second kappa shape index (κ2) is 10.0. The third kappa shape index (κ3) is 6.09. The summed E-state index contributed by atoms with van der Waals surface area (Å²) in [7, 11) is 1.36. The summed E-state index contributed by atoms with van der Waals surface area (Å²) in [5.41, 5.74) is 3.49. The van der Waals surface area contributed by atoms with Crippen molar-refractivity contribution in [3.8, 4) is 0 Å². The van der Waals surface area contributed by atoms with Crippen LogP contribution in [0, 0.1) is 6.92 Å². The number of alkyl carbamates (subject to hydrolysis) is 1. The number of hydrogen-bond donors (Lipinski definition) is 1. The predicted octanol–water partition coefficient (Wildman–Crippen LogP) is 4.11. The van der Waals surface area contributed by atoms with Gasteiger partial charge in [0.05, 0.1) is 12.7 Å². The topological polar surface area (TPSA) is 64.6 Å². The van der Waals surface area contributed by atoms with E-state index in [1.165, 1.54) is 7.11 Å². The fourth-order valence-electron chi connectivity index (χ4n) is 2.35. The molecule has 0 unspecified atom stereocenters. The van der Waals surface area contributed by atoms with E-state index in [0.717, 1.165) is 16.7 Å². The molecule has 1 amide bonds. The highest BCUT2D eigenvalue weighted by molar-refractivity contribution is 5.89. The van der Waals surface area contributed by atoms with Crippen molar-refractivity contribution in [2.45, 2.75) is 20.0 Å². The van der Waals surface area contributed by atoms with Crippen molar-refractivity contribution in [1.82, 2.24) is 5.32 Å². The molecule has 0 heterocycles. The van der Waals surface area contributed by atoms with Gasteiger partial charge in [0, 0.05) is 6.54 Å². The first-order valence-corrected chi connectivity index (χ1v) is 8.40. The molecule has 136 valence electrons. The Bertz CT molecular complexity index is 769. The van der Waals surface area contributed by atoms with Gasteiger partial charge in [-0.05, 0) is 42.2 Å². The van der Waals surface area contributed by atoms with Crippen molar-refractivity contribution in [2.24, 2.45) is 0 Å². The highest BCUT2D eigenvalue weighted by atomic mass is 16.5. The zero-order chi connectivity index (χ0) is 18.8. The fraction of sp³-hybridized carbons (Fsp3) is 0.238. The van der Waals surface area contributed by atoms with Crippen LogP contribution in [-0.2, 0) is 16.1 Å². The van der Waals surface area contributed by atoms with Gasteiger partial charge in [-0.2, -0.15) is 0 Å². The number of ether oxygens (including phenoxy) is 2. The van der Waals surface area contributed by atoms with Crippen molar-refractivity contribution >= 4 is 18.1 Å². The monoisotopic (exact) mass is 353 g/mol. The number of aryl methyl sites for hydroxylation is 1. The van der Waals surface area contributed by atoms with E-state index in [2.05, 4.69) is 5.32 Å². The quantitative estimate of drug-likeness (QED) is 0.601. The zero-order valence-electron chi connectivity index (χ0n) is 15.0. The van der Waals surface area contributed by atoms with Crippen LogP contribution in [0.5, 0.6) is 0 Å². The molecule has 0 aromatic heterocycles. The Hall–Kier alpha value is -3.08. The summed E-state index contributed by atoms with van der Waals surface area (Å²) in [6.45, 7) is 2.68. The minimum Gasteiger partial charge on any atom is -0.465 e. The van der Waals surface area contributed by atoms with Crippen LogP contribution in [0.25, 0.3) is 6.08 Å². The highest BCUT2D eigenvalue weighted by Crippen LogP contribution is 2.14. The third-order valence-corrected chi connectivity index (χ3v) is 3.78. The fourth-order valence-corrected chi connectivity index (χ4v) is 2.35. The summed E-state index contributed by atoms with van der Waals surface area (Å²) in [6.07, 6.45) is 4.18. The van der Waals surface area contributed by atoms with E-state index in [4.69, 9.17) is 9.47 Å². The van der Waals surface area contributed by atoms with E-state index < -0.39 is 6.09 Å². The van der Waals surface area contributed by atoms with Gasteiger partial charge < -0.3 is 14.8 Å². The molecule has 0 aliphatic rings. The van der Waals surface area contributed by atoms with Crippen molar-refractivity contribution in [3.63, 3.8) is 0 Å². The number of rotatable bonds is 7. The second-order valence-corrected chi connectivity index (χ2v) is 5.74. The summed E-state index contributed by atoms with van der Waals surface area (Å²) in [6, 6.07) is 14.9. The highest BCUT2D eigenvalue weighted by Gasteiger charge is 2.06. The molecule has 26 heavy (non-hydrogen) atoms. The van der Waals surface area contributed by atoms with Crippen LogP contribution in [-0.4, -0.2) is 25.7 Å². The first kappa shape index (κ1) is 19.2. The maximum absolute atomic E-state index is 11.6. The molecule has 5 nitrogen and oxygen atoms in total. The van der Waals surface area contributed by atoms with Gasteiger partial charge >= 0.3 is 12.1 Å². The molecular formula is C21H23NO4. The molecule has 2 aromatic carbocycles. The number of methoxy groups -OCH3 is 1. The van der Waals surface area contributed by atoms with Crippen molar-refractivity contribution < 1.29 is 19.1 Å². The smallest absolute Gasteiger partial charge is 0.407 e. The SMILES string of the molecule is COC(=O)c1ccc(C=CCCNC(=O)OCc2ccccc2)c(C)c1. The first-order valence-electron chi connectivity index (χ1n) is 8.40. The van der Waals surface area contributed by atoms with Crippen LogP contribution in [0.15, 0.2) is 54.6 Å². The summed E-state index contributed by atoms with van der Waals surface area (Å²) >= 11 is 0. The molecule has 0 aliphatic carbocycles. The van der Waals surface area contributed by atoms with Gasteiger partial charge in [-0.15, -0.1) is 0 Å². The Morgan fingerprint density at radius 2 is 1.88 bits per heavy atom. The molecule has 0 aliphatic heterocycles. The van der Waals surface area contributed by atoms with Crippen LogP contribution < -0.4 is 5.32 Å². The van der Waals surface area contributed by atoms with E-state index in [9.17, 15) is 9.59 Å². The van der Waals surface area contributed by atoms with Gasteiger partial charge in [0.15, 0.2) is 0 Å². The van der Waals surface area contributed by atoms with Gasteiger partial charge in [-0.3, -0.25) is 0 Å². The Labute approximate surface area is 153 Å². The van der Waals surface area contributed by atoms with Gasteiger partial charge in [0.25, 0.3) is 0 Å². The molecule has 0 saturated heterocycles. The normalized spacial score (nSPS) is 10.5. The molecule has 0 radical (unpaired) electrons. The summed E-state index contributed by atoms with van der Waals surface area (Å²) in [4.78, 5) is 23.1. The predicted molar refractivity (Wildman–Crippen MR) is 101 cm³/mol. The number of carbonyl (C=O) groups is 2. The molecule has 0 atom stereocenters. The number of nitrogens with one attached hydrogen (secondary N) is 1. The average molecular weight is 353 g/mol. The Morgan fingerprint density at radius 3 is 2.58 bits per heavy atom. The van der Waals surface area contributed by atoms with Crippen LogP contribution in [0.3, 0.4) is 0 Å². The number of carbonyl (C=O) groups excluding carboxylic acids is 2. The molecule has 1 N–H and O–H groups in total. The maximum atomic E-state index is 11.6. The number of amides is 1. The molecule has 2 rings (SSSR count). The Morgan fingerprint density at radius 1 is 1.12 bits per heavy atom. The molecular weight excluding hydrogens is 330 g/mol. The molecule has 0 spiro atoms. The summed E-state index contributed by atoms with van der Waals surface area (Å²) < 4.78 is 9.85. The van der Waals surface area contributed by atoms with Gasteiger partial charge in [-0.1, -0.05) is 48.6 Å². The van der Waals surface area contributed by atoms with Gasteiger partial charge in [0.2, 0.25) is 0 Å². The van der Waals surface area contributed by atoms with E-state index in [-0.39, 0.29) is 12.6 Å². The number of benzene rings is 2. The lowest BCUT2D eigenvalue weighted by atomic mass is 10.0. The Kier molecular flexibility index (Phi) is 7.43. The van der Waals surface area contributed by atoms with Crippen LogP contribution in [0.1, 0.15) is 33.5 Å². The maximum Gasteiger partial charge on any atom is 0.407 e. The Balaban J connectivity index is 1.72. The lowest BCUT2D eigenvalue weighted by Gasteiger charge is -2.06. The molecule has 2 aromatic rings. The van der Waals surface area contributed by atoms with Crippen molar-refractivity contribution in [2.75, 3.05) is 13.7 Å². The van der Waals surface area contributed by atoms with Crippen LogP contribution in [0.4, 0.5) is 4.79 Å². The van der Waals surface area contributed by atoms with E-state index >= 15 is 0 Å². The average Bonchev–Trinajstić information content (AvgIpc) is 2.67. The molecule has 0 fully saturated rings. The minimum atomic E-state index is -0.430. The van der Waals surface area contributed by atoms with Crippen molar-refractivity contribution in [1.29, 1.82) is 0 Å². The van der Waals surface area contributed by atoms with Gasteiger partial charge in [-0.25, -0.2) is 9.59 Å². The summed E-state index contributed by atoms with van der Waals surface area (Å²) in [5, 5.41) is 2.71. The zero-order valence-corrected chi connectivity index (χ0v) is 15.0. The largest absolute Gasteiger partial charge is 0.465 e. The molecule has 0 bridgehead atoms. The standard InChI is InChI=1S/C21H23NO4/c1-16-14-19(20(23)25-2)12-11-18(16)10-6-7-13-22-21(24)26-15-17-8-4-3-5-9-17/h3-6,8-12,14H,7,13,15H2,1-2H3,(H,22,24). The van der Waals surface area contributed by atoms with E-state index in [1.807, 2.05) is 55.5 Å². The van der Waals surface area contributed by atoms with E-state index in [1.54, 1.807) is 12.1 Å². The van der Waals surface area contributed by atoms with E-state index in [0.29, 0.717) is 18.5 Å². The molecule has 5 heteroatoms. The summed E-state index contributed by atoms with van der Waals surface area (Å²) in [5.74, 6) is -0.346. The van der Waals surface area contributed by atoms with Crippen LogP contribution >= 0.6 is 0 Å². The lowest BCUT2D eigenvalue weighted by molar-refractivity contribution is 0.0600. The molecule has 0 saturated carbocycles. The first-order chi connectivity index (χ1) is 12.6. The minimum absolute atomic E-state index is 0.258.